The largest absolute Gasteiger partial charge is 0.461 e. The molecule has 0 fully saturated rings. The number of alkyl carbamates (subject to hydrolysis) is 1. The second-order valence-corrected chi connectivity index (χ2v) is 6.55. The van der Waals surface area contributed by atoms with Crippen LogP contribution >= 0.6 is 15.9 Å². The Labute approximate surface area is 144 Å². The minimum atomic E-state index is -0.585. The Morgan fingerprint density at radius 3 is 2.70 bits per heavy atom. The summed E-state index contributed by atoms with van der Waals surface area (Å²) in [6.07, 6.45) is 2.53. The van der Waals surface area contributed by atoms with Crippen molar-refractivity contribution in [2.45, 2.75) is 39.3 Å². The Balaban J connectivity index is 2.85. The second kappa shape index (κ2) is 8.14. The van der Waals surface area contributed by atoms with E-state index in [1.807, 2.05) is 0 Å². The molecule has 1 aromatic rings. The van der Waals surface area contributed by atoms with Crippen LogP contribution in [0.15, 0.2) is 23.3 Å². The number of nitrogens with one attached hydrogen (secondary N) is 1. The molecule has 0 bridgehead atoms. The van der Waals surface area contributed by atoms with Crippen molar-refractivity contribution in [1.29, 1.82) is 0 Å². The highest BCUT2D eigenvalue weighted by molar-refractivity contribution is 9.10. The molecule has 0 unspecified atom stereocenters. The molecule has 1 atom stereocenters. The van der Waals surface area contributed by atoms with E-state index in [1.165, 1.54) is 10.9 Å². The fraction of sp³-hybridized carbons (Fsp3) is 0.533. The van der Waals surface area contributed by atoms with E-state index in [0.717, 1.165) is 0 Å². The Kier molecular flexibility index (Phi) is 6.80. The van der Waals surface area contributed by atoms with Gasteiger partial charge >= 0.3 is 12.1 Å². The first-order valence-corrected chi connectivity index (χ1v) is 7.98. The van der Waals surface area contributed by atoms with Gasteiger partial charge in [0, 0.05) is 6.54 Å². The first-order valence-electron chi connectivity index (χ1n) is 7.19. The minimum absolute atomic E-state index is 0.180. The number of ether oxygens (including phenoxy) is 2. The van der Waals surface area contributed by atoms with Crippen molar-refractivity contribution in [3.8, 4) is 0 Å². The van der Waals surface area contributed by atoms with Crippen LogP contribution in [0, 0.1) is 0 Å². The van der Waals surface area contributed by atoms with Crippen LogP contribution in [0.4, 0.5) is 4.79 Å². The van der Waals surface area contributed by atoms with Crippen molar-refractivity contribution in [1.82, 2.24) is 15.1 Å². The van der Waals surface area contributed by atoms with E-state index < -0.39 is 23.7 Å². The third kappa shape index (κ3) is 5.70. The number of esters is 1. The van der Waals surface area contributed by atoms with Crippen LogP contribution in [0.1, 0.15) is 44.2 Å². The second-order valence-electron chi connectivity index (χ2n) is 5.69. The van der Waals surface area contributed by atoms with E-state index >= 15 is 0 Å². The number of carbonyl (C=O) groups is 2. The fourth-order valence-electron chi connectivity index (χ4n) is 1.75. The van der Waals surface area contributed by atoms with Crippen molar-refractivity contribution in [3.05, 3.63) is 29.0 Å². The number of hydrogen-bond acceptors (Lipinski definition) is 5. The van der Waals surface area contributed by atoms with Gasteiger partial charge in [0.25, 0.3) is 0 Å². The Morgan fingerprint density at radius 2 is 2.17 bits per heavy atom. The van der Waals surface area contributed by atoms with Gasteiger partial charge in [0.2, 0.25) is 0 Å². The lowest BCUT2D eigenvalue weighted by molar-refractivity contribution is 0.0508. The predicted molar refractivity (Wildman–Crippen MR) is 89.4 cm³/mol. The summed E-state index contributed by atoms with van der Waals surface area (Å²) in [6, 6.07) is -0.423. The number of nitrogens with zero attached hydrogens (tertiary/aromatic N) is 2. The van der Waals surface area contributed by atoms with E-state index in [2.05, 4.69) is 32.9 Å². The predicted octanol–water partition coefficient (Wildman–Crippen LogP) is 3.07. The van der Waals surface area contributed by atoms with Gasteiger partial charge in [0.1, 0.15) is 5.60 Å². The molecule has 8 heteroatoms. The molecule has 1 heterocycles. The smallest absolute Gasteiger partial charge is 0.407 e. The van der Waals surface area contributed by atoms with E-state index in [4.69, 9.17) is 9.47 Å². The minimum Gasteiger partial charge on any atom is -0.461 e. The molecular weight excluding hydrogens is 366 g/mol. The fourth-order valence-corrected chi connectivity index (χ4v) is 2.19. The summed E-state index contributed by atoms with van der Waals surface area (Å²) >= 11 is 3.27. The summed E-state index contributed by atoms with van der Waals surface area (Å²) < 4.78 is 12.2. The van der Waals surface area contributed by atoms with Gasteiger partial charge in [0.15, 0.2) is 5.69 Å². The van der Waals surface area contributed by atoms with Crippen LogP contribution in [-0.4, -0.2) is 40.6 Å². The maximum atomic E-state index is 12.0. The molecule has 1 aromatic heterocycles. The summed E-state index contributed by atoms with van der Waals surface area (Å²) in [5.74, 6) is -0.499. The third-order valence-electron chi connectivity index (χ3n) is 2.66. The van der Waals surface area contributed by atoms with E-state index in [-0.39, 0.29) is 18.8 Å². The van der Waals surface area contributed by atoms with Crippen LogP contribution in [0.25, 0.3) is 0 Å². The molecule has 0 aromatic carbocycles. The van der Waals surface area contributed by atoms with Crippen molar-refractivity contribution >= 4 is 28.0 Å². The van der Waals surface area contributed by atoms with Crippen LogP contribution in [-0.2, 0) is 9.47 Å². The quantitative estimate of drug-likeness (QED) is 0.598. The zero-order valence-corrected chi connectivity index (χ0v) is 15.3. The van der Waals surface area contributed by atoms with Gasteiger partial charge in [-0.2, -0.15) is 5.10 Å². The molecule has 1 amide bonds. The van der Waals surface area contributed by atoms with Crippen LogP contribution in [0.2, 0.25) is 0 Å². The molecule has 0 spiro atoms. The zero-order chi connectivity index (χ0) is 17.6. The molecule has 0 aliphatic heterocycles. The van der Waals surface area contributed by atoms with Crippen molar-refractivity contribution < 1.29 is 19.1 Å². The van der Waals surface area contributed by atoms with Crippen molar-refractivity contribution in [3.63, 3.8) is 0 Å². The number of aromatic nitrogens is 2. The average Bonchev–Trinajstić information content (AvgIpc) is 2.80. The summed E-state index contributed by atoms with van der Waals surface area (Å²) in [5, 5.41) is 6.78. The van der Waals surface area contributed by atoms with Gasteiger partial charge in [-0.15, -0.1) is 6.58 Å². The SMILES string of the molecule is C=C[C@@H](CNC(=O)OC(C)(C)C)n1ncc(Br)c1C(=O)OCC. The van der Waals surface area contributed by atoms with E-state index in [9.17, 15) is 9.59 Å². The average molecular weight is 388 g/mol. The number of carbonyl (C=O) groups excluding carboxylic acids is 2. The van der Waals surface area contributed by atoms with Gasteiger partial charge in [-0.05, 0) is 43.6 Å². The first-order chi connectivity index (χ1) is 10.7. The van der Waals surface area contributed by atoms with Crippen molar-refractivity contribution in [2.75, 3.05) is 13.2 Å². The molecule has 0 radical (unpaired) electrons. The van der Waals surface area contributed by atoms with Gasteiger partial charge in [0.05, 0.1) is 23.3 Å². The molecule has 1 N–H and O–H groups in total. The summed E-state index contributed by atoms with van der Waals surface area (Å²) in [5.41, 5.74) is -0.318. The highest BCUT2D eigenvalue weighted by atomic mass is 79.9. The molecule has 0 saturated carbocycles. The lowest BCUT2D eigenvalue weighted by Crippen LogP contribution is -2.36. The number of amides is 1. The maximum absolute atomic E-state index is 12.0. The molecule has 7 nitrogen and oxygen atoms in total. The Morgan fingerprint density at radius 1 is 1.52 bits per heavy atom. The van der Waals surface area contributed by atoms with Gasteiger partial charge < -0.3 is 14.8 Å². The monoisotopic (exact) mass is 387 g/mol. The Bertz CT molecular complexity index is 578. The highest BCUT2D eigenvalue weighted by Gasteiger charge is 2.23. The molecular formula is C15H22BrN3O4. The highest BCUT2D eigenvalue weighted by Crippen LogP contribution is 2.21. The topological polar surface area (TPSA) is 82.5 Å². The lowest BCUT2D eigenvalue weighted by Gasteiger charge is -2.21. The molecule has 128 valence electrons. The standard InChI is InChI=1S/C15H22BrN3O4/c1-6-10(8-17-14(21)23-15(3,4)5)19-12(11(16)9-18-19)13(20)22-7-2/h6,9-10H,1,7-8H2,2-5H3,(H,17,21)/t10-/m0/s1. The number of rotatable bonds is 6. The molecule has 0 saturated heterocycles. The van der Waals surface area contributed by atoms with Crippen LogP contribution < -0.4 is 5.32 Å². The lowest BCUT2D eigenvalue weighted by atomic mass is 10.2. The first kappa shape index (κ1) is 19.2. The van der Waals surface area contributed by atoms with Crippen LogP contribution in [0.3, 0.4) is 0 Å². The summed E-state index contributed by atoms with van der Waals surface area (Å²) in [4.78, 5) is 23.8. The summed E-state index contributed by atoms with van der Waals surface area (Å²) in [7, 11) is 0. The third-order valence-corrected chi connectivity index (χ3v) is 3.24. The molecule has 0 aliphatic carbocycles. The maximum Gasteiger partial charge on any atom is 0.407 e. The van der Waals surface area contributed by atoms with Gasteiger partial charge in [-0.25, -0.2) is 14.3 Å². The molecule has 0 aliphatic rings. The molecule has 23 heavy (non-hydrogen) atoms. The molecule has 1 rings (SSSR count). The van der Waals surface area contributed by atoms with E-state index in [1.54, 1.807) is 33.8 Å². The van der Waals surface area contributed by atoms with Crippen molar-refractivity contribution in [2.24, 2.45) is 0 Å². The zero-order valence-electron chi connectivity index (χ0n) is 13.8. The van der Waals surface area contributed by atoms with Crippen LogP contribution in [0.5, 0.6) is 0 Å². The van der Waals surface area contributed by atoms with Gasteiger partial charge in [-0.1, -0.05) is 6.08 Å². The summed E-state index contributed by atoms with van der Waals surface area (Å²) in [6.45, 7) is 11.2. The van der Waals surface area contributed by atoms with E-state index in [0.29, 0.717) is 4.47 Å². The number of halogens is 1. The normalized spacial score (nSPS) is 12.4. The Hall–Kier alpha value is -1.83. The number of hydrogen-bond donors (Lipinski definition) is 1. The van der Waals surface area contributed by atoms with Gasteiger partial charge in [-0.3, -0.25) is 0 Å².